The molecule has 2 fully saturated rings. The highest BCUT2D eigenvalue weighted by Gasteiger charge is 2.37. The van der Waals surface area contributed by atoms with E-state index >= 15 is 0 Å². The molecule has 1 amide bonds. The van der Waals surface area contributed by atoms with E-state index in [9.17, 15) is 9.18 Å². The Balaban J connectivity index is 1.74. The first-order valence-electron chi connectivity index (χ1n) is 9.22. The molecule has 0 spiro atoms. The third-order valence-electron chi connectivity index (χ3n) is 5.52. The zero-order chi connectivity index (χ0) is 18.0. The van der Waals surface area contributed by atoms with Crippen molar-refractivity contribution in [2.24, 2.45) is 5.92 Å². The normalized spacial score (nSPS) is 30.4. The fourth-order valence-electron chi connectivity index (χ4n) is 4.17. The van der Waals surface area contributed by atoms with Crippen molar-refractivity contribution in [1.29, 1.82) is 0 Å². The Morgan fingerprint density at radius 2 is 2.24 bits per heavy atom. The van der Waals surface area contributed by atoms with Crippen LogP contribution in [0.1, 0.15) is 44.7 Å². The van der Waals surface area contributed by atoms with Crippen LogP contribution in [0.3, 0.4) is 0 Å². The molecule has 2 N–H and O–H groups in total. The second-order valence-corrected chi connectivity index (χ2v) is 7.63. The Kier molecular flexibility index (Phi) is 5.97. The van der Waals surface area contributed by atoms with Gasteiger partial charge < -0.3 is 10.6 Å². The lowest BCUT2D eigenvalue weighted by atomic mass is 9.91. The zero-order valence-electron chi connectivity index (χ0n) is 14.9. The fourth-order valence-corrected chi connectivity index (χ4v) is 4.29. The van der Waals surface area contributed by atoms with Gasteiger partial charge in [-0.15, -0.1) is 0 Å². The van der Waals surface area contributed by atoms with Crippen LogP contribution in [-0.2, 0) is 4.79 Å². The lowest BCUT2D eigenvalue weighted by molar-refractivity contribution is -0.127. The number of nitrogens with zero attached hydrogens (tertiary/aromatic N) is 1. The summed E-state index contributed by atoms with van der Waals surface area (Å²) in [6.45, 7) is 6.87. The summed E-state index contributed by atoms with van der Waals surface area (Å²) in [6, 6.07) is 5.37. The van der Waals surface area contributed by atoms with Gasteiger partial charge in [0.15, 0.2) is 0 Å². The van der Waals surface area contributed by atoms with Crippen LogP contribution in [0.2, 0.25) is 5.02 Å². The van der Waals surface area contributed by atoms with Crippen LogP contribution in [0.4, 0.5) is 4.39 Å². The number of hydrogen-bond acceptors (Lipinski definition) is 3. The maximum absolute atomic E-state index is 13.9. The molecule has 0 radical (unpaired) electrons. The maximum Gasteiger partial charge on any atom is 0.223 e. The molecule has 1 aromatic carbocycles. The van der Waals surface area contributed by atoms with Crippen molar-refractivity contribution in [1.82, 2.24) is 15.5 Å². The first kappa shape index (κ1) is 18.6. The largest absolute Gasteiger partial charge is 0.351 e. The summed E-state index contributed by atoms with van der Waals surface area (Å²) in [5.74, 6) is -0.204. The first-order chi connectivity index (χ1) is 12.0. The summed E-state index contributed by atoms with van der Waals surface area (Å²) in [5.41, 5.74) is 0.880. The van der Waals surface area contributed by atoms with Crippen molar-refractivity contribution in [3.8, 4) is 0 Å². The number of carbonyl (C=O) groups excluding carboxylic acids is 1. The number of piperidine rings is 1. The number of hydrogen-bond donors (Lipinski definition) is 2. The third-order valence-corrected chi connectivity index (χ3v) is 5.82. The van der Waals surface area contributed by atoms with Crippen LogP contribution in [0.5, 0.6) is 0 Å². The molecule has 0 aliphatic carbocycles. The highest BCUT2D eigenvalue weighted by Crippen LogP contribution is 2.34. The van der Waals surface area contributed by atoms with Gasteiger partial charge in [0.1, 0.15) is 5.82 Å². The van der Waals surface area contributed by atoms with Crippen LogP contribution in [-0.4, -0.2) is 42.5 Å². The standard InChI is InChI=1S/C19H27ClFN3O/c1-3-24-9-7-17(18(24)13-4-5-15(20)16(21)11-13)23-19(25)14-6-8-22-12(2)10-14/h4-5,11-12,14,17-18,22H,3,6-10H2,1-2H3,(H,23,25)/t12-,14-,17?,18?/m0/s1. The molecule has 2 unspecified atom stereocenters. The van der Waals surface area contributed by atoms with Crippen molar-refractivity contribution in [2.75, 3.05) is 19.6 Å². The molecule has 138 valence electrons. The van der Waals surface area contributed by atoms with Gasteiger partial charge in [0.2, 0.25) is 5.91 Å². The van der Waals surface area contributed by atoms with E-state index in [2.05, 4.69) is 29.4 Å². The summed E-state index contributed by atoms with van der Waals surface area (Å²) >= 11 is 5.83. The number of likely N-dealkylation sites (N-methyl/N-ethyl adjacent to an activating group) is 1. The summed E-state index contributed by atoms with van der Waals surface area (Å²) in [6.07, 6.45) is 2.63. The van der Waals surface area contributed by atoms with E-state index in [4.69, 9.17) is 11.6 Å². The summed E-state index contributed by atoms with van der Waals surface area (Å²) < 4.78 is 13.9. The van der Waals surface area contributed by atoms with Gasteiger partial charge in [-0.2, -0.15) is 0 Å². The topological polar surface area (TPSA) is 44.4 Å². The van der Waals surface area contributed by atoms with Crippen molar-refractivity contribution in [3.05, 3.63) is 34.6 Å². The van der Waals surface area contributed by atoms with Crippen LogP contribution in [0.25, 0.3) is 0 Å². The predicted octanol–water partition coefficient (Wildman–Crippen LogP) is 3.12. The Labute approximate surface area is 154 Å². The minimum absolute atomic E-state index is 0.000134. The highest BCUT2D eigenvalue weighted by molar-refractivity contribution is 6.30. The molecule has 3 rings (SSSR count). The fraction of sp³-hybridized carbons (Fsp3) is 0.632. The number of carbonyl (C=O) groups is 1. The van der Waals surface area contributed by atoms with Gasteiger partial charge in [-0.3, -0.25) is 9.69 Å². The SMILES string of the molecule is CCN1CCC(NC(=O)[C@H]2CCN[C@@H](C)C2)C1c1ccc(Cl)c(F)c1. The maximum atomic E-state index is 13.9. The van der Waals surface area contributed by atoms with Gasteiger partial charge >= 0.3 is 0 Å². The second-order valence-electron chi connectivity index (χ2n) is 7.23. The van der Waals surface area contributed by atoms with Crippen molar-refractivity contribution in [2.45, 2.75) is 51.2 Å². The van der Waals surface area contributed by atoms with Gasteiger partial charge in [0.05, 0.1) is 11.1 Å². The van der Waals surface area contributed by atoms with Gasteiger partial charge in [-0.1, -0.05) is 24.6 Å². The van der Waals surface area contributed by atoms with E-state index in [0.717, 1.165) is 44.5 Å². The van der Waals surface area contributed by atoms with E-state index in [1.807, 2.05) is 6.07 Å². The number of rotatable bonds is 4. The molecular weight excluding hydrogens is 341 g/mol. The lowest BCUT2D eigenvalue weighted by Crippen LogP contribution is -2.46. The molecule has 2 heterocycles. The monoisotopic (exact) mass is 367 g/mol. The molecule has 0 aromatic heterocycles. The van der Waals surface area contributed by atoms with Gasteiger partial charge in [-0.25, -0.2) is 4.39 Å². The Morgan fingerprint density at radius 1 is 1.44 bits per heavy atom. The van der Waals surface area contributed by atoms with Crippen LogP contribution in [0.15, 0.2) is 18.2 Å². The van der Waals surface area contributed by atoms with E-state index < -0.39 is 5.82 Å². The summed E-state index contributed by atoms with van der Waals surface area (Å²) in [7, 11) is 0. The molecule has 0 bridgehead atoms. The number of amides is 1. The molecule has 0 saturated carbocycles. The number of nitrogens with one attached hydrogen (secondary N) is 2. The number of benzene rings is 1. The lowest BCUT2D eigenvalue weighted by Gasteiger charge is -2.31. The third kappa shape index (κ3) is 4.15. The van der Waals surface area contributed by atoms with Gasteiger partial charge in [0.25, 0.3) is 0 Å². The summed E-state index contributed by atoms with van der Waals surface area (Å²) in [5, 5.41) is 6.77. The molecule has 25 heavy (non-hydrogen) atoms. The van der Waals surface area contributed by atoms with Crippen molar-refractivity contribution in [3.63, 3.8) is 0 Å². The smallest absolute Gasteiger partial charge is 0.223 e. The predicted molar refractivity (Wildman–Crippen MR) is 98.1 cm³/mol. The molecule has 4 nitrogen and oxygen atoms in total. The van der Waals surface area contributed by atoms with Crippen LogP contribution in [0, 0.1) is 11.7 Å². The van der Waals surface area contributed by atoms with Gasteiger partial charge in [-0.05, 0) is 57.0 Å². The van der Waals surface area contributed by atoms with E-state index in [1.165, 1.54) is 6.07 Å². The molecule has 4 atom stereocenters. The molecule has 2 saturated heterocycles. The Morgan fingerprint density at radius 3 is 2.92 bits per heavy atom. The minimum Gasteiger partial charge on any atom is -0.351 e. The average molecular weight is 368 g/mol. The van der Waals surface area contributed by atoms with E-state index in [1.54, 1.807) is 6.07 Å². The second kappa shape index (κ2) is 8.02. The zero-order valence-corrected chi connectivity index (χ0v) is 15.7. The number of halogens is 2. The molecule has 6 heteroatoms. The van der Waals surface area contributed by atoms with Crippen molar-refractivity contribution < 1.29 is 9.18 Å². The summed E-state index contributed by atoms with van der Waals surface area (Å²) in [4.78, 5) is 15.0. The van der Waals surface area contributed by atoms with E-state index in [-0.39, 0.29) is 28.9 Å². The molecule has 1 aromatic rings. The Hall–Kier alpha value is -1.17. The van der Waals surface area contributed by atoms with Gasteiger partial charge in [0, 0.05) is 24.5 Å². The minimum atomic E-state index is -0.403. The van der Waals surface area contributed by atoms with Crippen LogP contribution < -0.4 is 10.6 Å². The average Bonchev–Trinajstić information content (AvgIpc) is 3.00. The van der Waals surface area contributed by atoms with E-state index in [0.29, 0.717) is 6.04 Å². The Bertz CT molecular complexity index is 627. The molecule has 2 aliphatic heterocycles. The molecule has 2 aliphatic rings. The quantitative estimate of drug-likeness (QED) is 0.859. The highest BCUT2D eigenvalue weighted by atomic mass is 35.5. The van der Waals surface area contributed by atoms with Crippen LogP contribution >= 0.6 is 11.6 Å². The number of likely N-dealkylation sites (tertiary alicyclic amines) is 1. The first-order valence-corrected chi connectivity index (χ1v) is 9.60. The molecular formula is C19H27ClFN3O. The van der Waals surface area contributed by atoms with Crippen molar-refractivity contribution >= 4 is 17.5 Å².